The number of aromatic nitrogens is 1. The Labute approximate surface area is 371 Å². The van der Waals surface area contributed by atoms with Gasteiger partial charge in [-0.05, 0) is 62.0 Å². The average molecular weight is 893 g/mol. The van der Waals surface area contributed by atoms with Gasteiger partial charge in [-0.2, -0.15) is 13.2 Å². The first-order valence-corrected chi connectivity index (χ1v) is 22.6. The van der Waals surface area contributed by atoms with Gasteiger partial charge in [-0.3, -0.25) is 24.2 Å². The van der Waals surface area contributed by atoms with Crippen molar-refractivity contribution in [1.82, 2.24) is 30.7 Å². The molecule has 3 aliphatic heterocycles. The van der Waals surface area contributed by atoms with E-state index < -0.39 is 28.5 Å². The van der Waals surface area contributed by atoms with Crippen LogP contribution < -0.4 is 16.0 Å². The molecule has 7 atom stereocenters. The molecule has 0 radical (unpaired) electrons. The predicted octanol–water partition coefficient (Wildman–Crippen LogP) is 4.83. The van der Waals surface area contributed by atoms with E-state index in [9.17, 15) is 32.3 Å². The molecular weight excluding hydrogens is 822 g/mol. The molecule has 3 N–H and O–H groups in total. The molecule has 4 amide bonds. The smallest absolute Gasteiger partial charge is 0.380 e. The summed E-state index contributed by atoms with van der Waals surface area (Å²) < 4.78 is 64.1. The van der Waals surface area contributed by atoms with Crippen molar-refractivity contribution in [3.05, 3.63) is 41.7 Å². The summed E-state index contributed by atoms with van der Waals surface area (Å²) in [5.74, 6) is -0.887. The van der Waals surface area contributed by atoms with Crippen molar-refractivity contribution in [3.63, 3.8) is 0 Å². The van der Waals surface area contributed by atoms with Crippen molar-refractivity contribution in [1.29, 1.82) is 0 Å². The monoisotopic (exact) mass is 893 g/mol. The summed E-state index contributed by atoms with van der Waals surface area (Å²) in [5.41, 5.74) is -1.27. The van der Waals surface area contributed by atoms with Gasteiger partial charge < -0.3 is 44.7 Å². The molecule has 1 aromatic heterocycles. The molecule has 4 aliphatic rings. The third-order valence-electron chi connectivity index (χ3n) is 13.6. The number of nitrogens with one attached hydrogen (secondary N) is 3. The second-order valence-electron chi connectivity index (χ2n) is 19.3. The zero-order chi connectivity index (χ0) is 46.0. The van der Waals surface area contributed by atoms with Crippen LogP contribution in [0.4, 0.5) is 13.2 Å². The lowest BCUT2D eigenvalue weighted by Crippen LogP contribution is -2.51. The Bertz CT molecular complexity index is 1750. The highest BCUT2D eigenvalue weighted by molar-refractivity contribution is 5.90. The van der Waals surface area contributed by atoms with E-state index in [1.807, 2.05) is 27.7 Å². The van der Waals surface area contributed by atoms with Gasteiger partial charge in [-0.15, -0.1) is 6.58 Å². The van der Waals surface area contributed by atoms with Crippen LogP contribution in [0.2, 0.25) is 0 Å². The summed E-state index contributed by atoms with van der Waals surface area (Å²) in [6.07, 6.45) is 3.26. The molecule has 17 heteroatoms. The van der Waals surface area contributed by atoms with Crippen molar-refractivity contribution in [2.24, 2.45) is 22.2 Å². The van der Waals surface area contributed by atoms with E-state index in [1.54, 1.807) is 30.0 Å². The van der Waals surface area contributed by atoms with Crippen LogP contribution in [0.15, 0.2) is 24.9 Å². The minimum absolute atomic E-state index is 0.0539. The first-order chi connectivity index (χ1) is 29.8. The Kier molecular flexibility index (Phi) is 17.6. The molecule has 2 saturated heterocycles. The number of likely N-dealkylation sites (tertiary alicyclic amines) is 1. The van der Waals surface area contributed by atoms with Crippen LogP contribution in [-0.4, -0.2) is 136 Å². The largest absolute Gasteiger partial charge is 0.417 e. The summed E-state index contributed by atoms with van der Waals surface area (Å²) in [4.78, 5) is 60.0. The number of halogens is 3. The minimum Gasteiger partial charge on any atom is -0.380 e. The number of amides is 4. The van der Waals surface area contributed by atoms with Crippen LogP contribution in [0.5, 0.6) is 0 Å². The van der Waals surface area contributed by atoms with Gasteiger partial charge in [0.15, 0.2) is 0 Å². The Morgan fingerprint density at radius 3 is 2.57 bits per heavy atom. The number of fused-ring (bicyclic) bond motifs is 1. The SMILES string of the molecule is C=C[C@@H]1[C@@H](C(=O)NCCOCC(C)(C)COCC(C)(CC)CC(=O)NCCC[C@]2(C(=O)N3CCc4ncc(C(F)(F)F)cc4C3)CC[C@@H](N[C@H]3CCOC[C@H]3OC)C2)CC(=O)N1C. The maximum Gasteiger partial charge on any atom is 0.417 e. The first kappa shape index (κ1) is 50.4. The maximum atomic E-state index is 14.6. The van der Waals surface area contributed by atoms with Gasteiger partial charge in [0.05, 0.1) is 62.1 Å². The normalized spacial score (nSPS) is 26.3. The quantitative estimate of drug-likeness (QED) is 0.109. The maximum absolute atomic E-state index is 14.6. The Hall–Kier alpha value is -3.64. The number of hydrogen-bond acceptors (Lipinski definition) is 10. The van der Waals surface area contributed by atoms with Crippen LogP contribution in [0.1, 0.15) is 102 Å². The van der Waals surface area contributed by atoms with E-state index in [2.05, 4.69) is 27.5 Å². The number of carbonyl (C=O) groups excluding carboxylic acids is 4. The number of nitrogens with zero attached hydrogens (tertiary/aromatic N) is 3. The molecule has 1 unspecified atom stereocenters. The molecule has 0 aromatic carbocycles. The summed E-state index contributed by atoms with van der Waals surface area (Å²) in [6, 6.07) is 0.941. The number of pyridine rings is 1. The molecule has 5 rings (SSSR count). The van der Waals surface area contributed by atoms with Gasteiger partial charge in [0.2, 0.25) is 23.6 Å². The molecule has 4 heterocycles. The van der Waals surface area contributed by atoms with Crippen molar-refractivity contribution in [2.45, 2.75) is 129 Å². The van der Waals surface area contributed by atoms with E-state index in [0.29, 0.717) is 109 Å². The highest BCUT2D eigenvalue weighted by Crippen LogP contribution is 2.45. The van der Waals surface area contributed by atoms with E-state index >= 15 is 0 Å². The molecule has 1 aromatic rings. The topological polar surface area (TPSA) is 161 Å². The van der Waals surface area contributed by atoms with E-state index in [0.717, 1.165) is 25.1 Å². The first-order valence-electron chi connectivity index (χ1n) is 22.6. The highest BCUT2D eigenvalue weighted by Gasteiger charge is 2.48. The molecular formula is C46H71F3N6O8. The molecule has 3 fully saturated rings. The Balaban J connectivity index is 1.08. The average Bonchev–Trinajstić information content (AvgIpc) is 3.80. The number of rotatable bonds is 22. The lowest BCUT2D eigenvalue weighted by atomic mass is 9.79. The van der Waals surface area contributed by atoms with Gasteiger partial charge in [-0.1, -0.05) is 33.8 Å². The molecule has 0 spiro atoms. The van der Waals surface area contributed by atoms with Gasteiger partial charge in [0.1, 0.15) is 0 Å². The third kappa shape index (κ3) is 13.5. The zero-order valence-corrected chi connectivity index (χ0v) is 38.2. The van der Waals surface area contributed by atoms with Crippen LogP contribution in [0, 0.1) is 22.2 Å². The number of likely N-dealkylation sites (N-methyl/N-ethyl adjacent to an activating group) is 1. The van der Waals surface area contributed by atoms with Crippen LogP contribution in [0.3, 0.4) is 0 Å². The van der Waals surface area contributed by atoms with Crippen molar-refractivity contribution >= 4 is 23.6 Å². The van der Waals surface area contributed by atoms with Gasteiger partial charge in [-0.25, -0.2) is 0 Å². The highest BCUT2D eigenvalue weighted by atomic mass is 19.4. The van der Waals surface area contributed by atoms with Crippen molar-refractivity contribution in [2.75, 3.05) is 73.4 Å². The molecule has 0 bridgehead atoms. The number of carbonyl (C=O) groups is 4. The number of hydrogen-bond donors (Lipinski definition) is 3. The third-order valence-corrected chi connectivity index (χ3v) is 13.6. The molecule has 14 nitrogen and oxygen atoms in total. The fourth-order valence-corrected chi connectivity index (χ4v) is 9.51. The second-order valence-corrected chi connectivity index (χ2v) is 19.3. The summed E-state index contributed by atoms with van der Waals surface area (Å²) in [5, 5.41) is 9.70. The fraction of sp³-hybridized carbons (Fsp3) is 0.761. The van der Waals surface area contributed by atoms with Crippen molar-refractivity contribution < 1.29 is 51.3 Å². The van der Waals surface area contributed by atoms with Gasteiger partial charge in [0.25, 0.3) is 0 Å². The van der Waals surface area contributed by atoms with Crippen LogP contribution in [-0.2, 0) is 57.3 Å². The number of ether oxygens (including phenoxy) is 4. The Morgan fingerprint density at radius 1 is 1.10 bits per heavy atom. The van der Waals surface area contributed by atoms with Crippen molar-refractivity contribution in [3.8, 4) is 0 Å². The molecule has 1 saturated carbocycles. The zero-order valence-electron chi connectivity index (χ0n) is 38.2. The standard InChI is InChI=1S/C46H71F3N6O8/c1-8-37-34(22-40(57)54(37)6)41(58)51-17-20-62-28-43(3,4)29-63-30-44(5,9-2)24-39(56)50-16-10-14-45(15-11-33(23-45)53-36-13-19-61-27-38(36)60-7)42(59)55-18-12-35-31(26-55)21-32(25-52-35)46(47,48)49/h8,21,25,33-34,36-38,53H,1,9-20,22-24,26-30H2,2-7H3,(H,50,56)(H,51,58)/t33-,34+,36+,37-,38-,44?,45+/m1/s1. The van der Waals surface area contributed by atoms with E-state index in [1.165, 1.54) is 0 Å². The Morgan fingerprint density at radius 2 is 1.86 bits per heavy atom. The van der Waals surface area contributed by atoms with Gasteiger partial charge >= 0.3 is 6.18 Å². The summed E-state index contributed by atoms with van der Waals surface area (Å²) in [7, 11) is 3.34. The van der Waals surface area contributed by atoms with Crippen LogP contribution in [0.25, 0.3) is 0 Å². The van der Waals surface area contributed by atoms with Gasteiger partial charge in [0, 0.05) is 95.6 Å². The fourth-order valence-electron chi connectivity index (χ4n) is 9.51. The number of methoxy groups -OCH3 is 1. The summed E-state index contributed by atoms with van der Waals surface area (Å²) >= 11 is 0. The van der Waals surface area contributed by atoms with Crippen LogP contribution >= 0.6 is 0 Å². The lowest BCUT2D eigenvalue weighted by molar-refractivity contribution is -0.143. The second kappa shape index (κ2) is 22.0. The lowest BCUT2D eigenvalue weighted by Gasteiger charge is -2.38. The molecule has 354 valence electrons. The predicted molar refractivity (Wildman–Crippen MR) is 230 cm³/mol. The molecule has 63 heavy (non-hydrogen) atoms. The minimum atomic E-state index is -4.53. The molecule has 1 aliphatic carbocycles. The summed E-state index contributed by atoms with van der Waals surface area (Å²) in [6.45, 7) is 15.7. The van der Waals surface area contributed by atoms with E-state index in [-0.39, 0.29) is 72.7 Å². The number of alkyl halides is 3. The van der Waals surface area contributed by atoms with E-state index in [4.69, 9.17) is 18.9 Å².